The van der Waals surface area contributed by atoms with Gasteiger partial charge in [-0.3, -0.25) is 9.20 Å². The van der Waals surface area contributed by atoms with E-state index < -0.39 is 0 Å². The molecule has 0 saturated carbocycles. The third-order valence-corrected chi connectivity index (χ3v) is 3.70. The smallest absolute Gasteiger partial charge is 0.234 e. The topological polar surface area (TPSA) is 85.3 Å². The molecule has 6 nitrogen and oxygen atoms in total. The van der Waals surface area contributed by atoms with Crippen LogP contribution in [0.5, 0.6) is 0 Å². The van der Waals surface area contributed by atoms with E-state index in [4.69, 9.17) is 5.73 Å². The number of nitrogens with two attached hydrogens (primary N) is 1. The molecule has 0 atom stereocenters. The van der Waals surface area contributed by atoms with E-state index in [0.29, 0.717) is 18.7 Å². The summed E-state index contributed by atoms with van der Waals surface area (Å²) in [4.78, 5) is 20.3. The van der Waals surface area contributed by atoms with Crippen molar-refractivity contribution in [2.45, 2.75) is 13.0 Å². The Hall–Kier alpha value is -2.73. The van der Waals surface area contributed by atoms with Crippen molar-refractivity contribution in [2.75, 3.05) is 5.32 Å². The second-order valence-corrected chi connectivity index (χ2v) is 5.00. The van der Waals surface area contributed by atoms with Crippen LogP contribution in [0.1, 0.15) is 11.3 Å². The van der Waals surface area contributed by atoms with Crippen molar-refractivity contribution >= 4 is 17.4 Å². The molecule has 3 aromatic rings. The zero-order valence-corrected chi connectivity index (χ0v) is 11.2. The summed E-state index contributed by atoms with van der Waals surface area (Å²) in [5, 5.41) is 2.83. The molecular formula is C15H13N5O. The predicted octanol–water partition coefficient (Wildman–Crippen LogP) is 1.35. The van der Waals surface area contributed by atoms with Gasteiger partial charge >= 0.3 is 0 Å². The van der Waals surface area contributed by atoms with Gasteiger partial charge in [0.05, 0.1) is 17.8 Å². The van der Waals surface area contributed by atoms with Gasteiger partial charge in [-0.1, -0.05) is 6.07 Å². The molecule has 0 saturated heterocycles. The summed E-state index contributed by atoms with van der Waals surface area (Å²) in [6, 6.07) is 7.70. The van der Waals surface area contributed by atoms with Crippen molar-refractivity contribution in [3.05, 3.63) is 47.9 Å². The van der Waals surface area contributed by atoms with E-state index in [-0.39, 0.29) is 5.91 Å². The van der Waals surface area contributed by atoms with Gasteiger partial charge in [0, 0.05) is 30.2 Å². The molecule has 1 aliphatic heterocycles. The summed E-state index contributed by atoms with van der Waals surface area (Å²) in [5.74, 6) is 0.653. The Morgan fingerprint density at radius 3 is 3.14 bits per heavy atom. The maximum atomic E-state index is 11.5. The second-order valence-electron chi connectivity index (χ2n) is 5.00. The number of amides is 1. The molecule has 0 unspecified atom stereocenters. The lowest BCUT2D eigenvalue weighted by Crippen LogP contribution is -2.03. The Bertz CT molecular complexity index is 868. The molecule has 3 N–H and O–H groups in total. The van der Waals surface area contributed by atoms with E-state index in [2.05, 4.69) is 15.3 Å². The molecule has 2 aromatic heterocycles. The van der Waals surface area contributed by atoms with Crippen molar-refractivity contribution in [1.29, 1.82) is 0 Å². The van der Waals surface area contributed by atoms with Crippen molar-refractivity contribution in [1.82, 2.24) is 14.4 Å². The lowest BCUT2D eigenvalue weighted by molar-refractivity contribution is -0.115. The first-order chi connectivity index (χ1) is 10.3. The number of imidazole rings is 1. The number of rotatable bonds is 2. The van der Waals surface area contributed by atoms with Crippen LogP contribution >= 0.6 is 0 Å². The van der Waals surface area contributed by atoms with Crippen LogP contribution in [0.15, 0.2) is 36.7 Å². The van der Waals surface area contributed by atoms with Crippen LogP contribution in [0.4, 0.5) is 5.69 Å². The van der Waals surface area contributed by atoms with E-state index >= 15 is 0 Å². The lowest BCUT2D eigenvalue weighted by Gasteiger charge is -2.04. The summed E-state index contributed by atoms with van der Waals surface area (Å²) < 4.78 is 1.89. The van der Waals surface area contributed by atoms with Crippen molar-refractivity contribution in [3.63, 3.8) is 0 Å². The van der Waals surface area contributed by atoms with Crippen molar-refractivity contribution < 1.29 is 4.79 Å². The number of nitrogens with one attached hydrogen (secondary N) is 1. The van der Waals surface area contributed by atoms with Gasteiger partial charge in [0.1, 0.15) is 0 Å². The standard InChI is InChI=1S/C15H13N5O/c16-8-12-14(19-15-17-4-1-5-20(12)15)9-2-3-11-10(6-9)7-13(21)18-11/h1-6H,7-8,16H2,(H,18,21). The first kappa shape index (κ1) is 12.0. The first-order valence-electron chi connectivity index (χ1n) is 6.71. The molecule has 6 heteroatoms. The summed E-state index contributed by atoms with van der Waals surface area (Å²) in [6.07, 6.45) is 4.02. The third kappa shape index (κ3) is 1.80. The molecule has 3 heterocycles. The quantitative estimate of drug-likeness (QED) is 0.741. The highest BCUT2D eigenvalue weighted by Crippen LogP contribution is 2.30. The summed E-state index contributed by atoms with van der Waals surface area (Å²) in [5.41, 5.74) is 10.4. The summed E-state index contributed by atoms with van der Waals surface area (Å²) >= 11 is 0. The fraction of sp³-hybridized carbons (Fsp3) is 0.133. The van der Waals surface area contributed by atoms with E-state index in [1.54, 1.807) is 6.20 Å². The first-order valence-corrected chi connectivity index (χ1v) is 6.71. The van der Waals surface area contributed by atoms with Crippen LogP contribution in [-0.4, -0.2) is 20.3 Å². The molecule has 0 aliphatic carbocycles. The normalized spacial score (nSPS) is 13.5. The fourth-order valence-electron chi connectivity index (χ4n) is 2.74. The van der Waals surface area contributed by atoms with Crippen LogP contribution < -0.4 is 11.1 Å². The van der Waals surface area contributed by atoms with E-state index in [9.17, 15) is 4.79 Å². The Kier molecular flexibility index (Phi) is 2.52. The van der Waals surface area contributed by atoms with Gasteiger partial charge in [-0.25, -0.2) is 9.97 Å². The number of nitrogens with zero attached hydrogens (tertiary/aromatic N) is 3. The highest BCUT2D eigenvalue weighted by Gasteiger charge is 2.20. The van der Waals surface area contributed by atoms with Crippen LogP contribution in [0.3, 0.4) is 0 Å². The number of hydrogen-bond donors (Lipinski definition) is 2. The molecule has 0 fully saturated rings. The van der Waals surface area contributed by atoms with E-state index in [1.165, 1.54) is 0 Å². The number of carbonyl (C=O) groups is 1. The molecule has 1 aromatic carbocycles. The molecule has 0 bridgehead atoms. The van der Waals surface area contributed by atoms with Crippen LogP contribution in [-0.2, 0) is 17.8 Å². The number of benzene rings is 1. The molecule has 0 spiro atoms. The molecule has 1 amide bonds. The molecule has 104 valence electrons. The lowest BCUT2D eigenvalue weighted by atomic mass is 10.0. The number of anilines is 1. The Balaban J connectivity index is 1.91. The number of hydrogen-bond acceptors (Lipinski definition) is 4. The van der Waals surface area contributed by atoms with E-state index in [0.717, 1.165) is 28.2 Å². The third-order valence-electron chi connectivity index (χ3n) is 3.70. The van der Waals surface area contributed by atoms with Crippen LogP contribution in [0.25, 0.3) is 17.0 Å². The fourth-order valence-corrected chi connectivity index (χ4v) is 2.74. The van der Waals surface area contributed by atoms with Gasteiger partial charge < -0.3 is 11.1 Å². The highest BCUT2D eigenvalue weighted by atomic mass is 16.1. The van der Waals surface area contributed by atoms with Crippen molar-refractivity contribution in [3.8, 4) is 11.3 Å². The Morgan fingerprint density at radius 2 is 2.29 bits per heavy atom. The van der Waals surface area contributed by atoms with Gasteiger partial charge in [-0.2, -0.15) is 0 Å². The average Bonchev–Trinajstić information content (AvgIpc) is 3.05. The zero-order valence-electron chi connectivity index (χ0n) is 11.2. The molecular weight excluding hydrogens is 266 g/mol. The largest absolute Gasteiger partial charge is 0.326 e. The molecule has 1 aliphatic rings. The summed E-state index contributed by atoms with van der Waals surface area (Å²) in [7, 11) is 0. The van der Waals surface area contributed by atoms with Crippen LogP contribution in [0.2, 0.25) is 0 Å². The number of fused-ring (bicyclic) bond motifs is 2. The minimum atomic E-state index is 0.0258. The van der Waals surface area contributed by atoms with Gasteiger partial charge in [-0.05, 0) is 23.8 Å². The number of carbonyl (C=O) groups excluding carboxylic acids is 1. The maximum Gasteiger partial charge on any atom is 0.234 e. The number of aromatic nitrogens is 3. The minimum absolute atomic E-state index is 0.0258. The monoisotopic (exact) mass is 279 g/mol. The highest BCUT2D eigenvalue weighted by molar-refractivity contribution is 5.99. The molecule has 0 radical (unpaired) electrons. The zero-order chi connectivity index (χ0) is 14.4. The van der Waals surface area contributed by atoms with Crippen LogP contribution in [0, 0.1) is 0 Å². The second kappa shape index (κ2) is 4.39. The molecule has 4 rings (SSSR count). The van der Waals surface area contributed by atoms with Gasteiger partial charge in [0.15, 0.2) is 0 Å². The van der Waals surface area contributed by atoms with Gasteiger partial charge in [0.25, 0.3) is 0 Å². The summed E-state index contributed by atoms with van der Waals surface area (Å²) in [6.45, 7) is 0.371. The van der Waals surface area contributed by atoms with Gasteiger partial charge in [0.2, 0.25) is 11.7 Å². The molecule has 21 heavy (non-hydrogen) atoms. The maximum absolute atomic E-state index is 11.5. The van der Waals surface area contributed by atoms with Crippen molar-refractivity contribution in [2.24, 2.45) is 5.73 Å². The SMILES string of the molecule is NCc1c(-c2ccc3c(c2)CC(=O)N3)nc2ncccn12. The van der Waals surface area contributed by atoms with Gasteiger partial charge in [-0.15, -0.1) is 0 Å². The minimum Gasteiger partial charge on any atom is -0.326 e. The Labute approximate surface area is 120 Å². The van der Waals surface area contributed by atoms with E-state index in [1.807, 2.05) is 34.9 Å². The predicted molar refractivity (Wildman–Crippen MR) is 78.6 cm³/mol. The Morgan fingerprint density at radius 1 is 1.38 bits per heavy atom. The average molecular weight is 279 g/mol.